The third-order valence-electron chi connectivity index (χ3n) is 5.28. The molecule has 152 valence electrons. The molecule has 1 aliphatic rings. The molecule has 2 aromatic carbocycles. The SMILES string of the molecule is Cc1cccc(COc2nc3cc(C)ccc3cc2CNC2CCS(=O)(=O)C2)c1. The third kappa shape index (κ3) is 4.95. The Labute approximate surface area is 172 Å². The van der Waals surface area contributed by atoms with Crippen LogP contribution < -0.4 is 10.1 Å². The lowest BCUT2D eigenvalue weighted by atomic mass is 10.1. The van der Waals surface area contributed by atoms with Gasteiger partial charge in [0.25, 0.3) is 0 Å². The van der Waals surface area contributed by atoms with Crippen molar-refractivity contribution < 1.29 is 13.2 Å². The van der Waals surface area contributed by atoms with Crippen LogP contribution >= 0.6 is 0 Å². The molecule has 1 N–H and O–H groups in total. The van der Waals surface area contributed by atoms with Crippen LogP contribution in [0.3, 0.4) is 0 Å². The second kappa shape index (κ2) is 8.13. The van der Waals surface area contributed by atoms with Gasteiger partial charge in [0.2, 0.25) is 5.88 Å². The zero-order valence-corrected chi connectivity index (χ0v) is 17.6. The molecule has 4 rings (SSSR count). The van der Waals surface area contributed by atoms with Crippen molar-refractivity contribution in [2.45, 2.75) is 39.5 Å². The van der Waals surface area contributed by atoms with Crippen molar-refractivity contribution in [3.05, 3.63) is 70.8 Å². The maximum absolute atomic E-state index is 11.7. The van der Waals surface area contributed by atoms with E-state index in [1.165, 1.54) is 5.56 Å². The van der Waals surface area contributed by atoms with Crippen LogP contribution in [0.2, 0.25) is 0 Å². The van der Waals surface area contributed by atoms with E-state index < -0.39 is 9.84 Å². The molecule has 1 atom stereocenters. The second-order valence-electron chi connectivity index (χ2n) is 7.91. The second-order valence-corrected chi connectivity index (χ2v) is 10.1. The average molecular weight is 411 g/mol. The highest BCUT2D eigenvalue weighted by atomic mass is 32.2. The number of benzene rings is 2. The van der Waals surface area contributed by atoms with E-state index in [1.54, 1.807) is 0 Å². The van der Waals surface area contributed by atoms with Crippen LogP contribution in [0.4, 0.5) is 0 Å². The maximum Gasteiger partial charge on any atom is 0.218 e. The molecule has 0 saturated carbocycles. The van der Waals surface area contributed by atoms with Gasteiger partial charge in [-0.1, -0.05) is 42.0 Å². The Kier molecular flexibility index (Phi) is 5.56. The van der Waals surface area contributed by atoms with Crippen LogP contribution in [-0.2, 0) is 23.0 Å². The van der Waals surface area contributed by atoms with Crippen molar-refractivity contribution in [3.8, 4) is 5.88 Å². The number of hydrogen-bond donors (Lipinski definition) is 1. The van der Waals surface area contributed by atoms with Gasteiger partial charge in [0.1, 0.15) is 6.61 Å². The Balaban J connectivity index is 1.58. The van der Waals surface area contributed by atoms with Gasteiger partial charge in [0, 0.05) is 23.5 Å². The quantitative estimate of drug-likeness (QED) is 0.671. The Bertz CT molecular complexity index is 1140. The van der Waals surface area contributed by atoms with Gasteiger partial charge in [0.05, 0.1) is 17.0 Å². The number of sulfone groups is 1. The summed E-state index contributed by atoms with van der Waals surface area (Å²) in [5.74, 6) is 1.06. The van der Waals surface area contributed by atoms with Crippen LogP contribution in [0.25, 0.3) is 10.9 Å². The molecule has 1 aliphatic heterocycles. The van der Waals surface area contributed by atoms with Gasteiger partial charge >= 0.3 is 0 Å². The van der Waals surface area contributed by atoms with Gasteiger partial charge in [-0.05, 0) is 43.5 Å². The first-order chi connectivity index (χ1) is 13.9. The normalized spacial score (nSPS) is 18.2. The smallest absolute Gasteiger partial charge is 0.218 e. The zero-order chi connectivity index (χ0) is 20.4. The number of nitrogens with one attached hydrogen (secondary N) is 1. The third-order valence-corrected chi connectivity index (χ3v) is 7.05. The van der Waals surface area contributed by atoms with Crippen LogP contribution in [0.5, 0.6) is 5.88 Å². The van der Waals surface area contributed by atoms with Gasteiger partial charge in [-0.25, -0.2) is 13.4 Å². The number of ether oxygens (including phenoxy) is 1. The number of aromatic nitrogens is 1. The van der Waals surface area contributed by atoms with Crippen molar-refractivity contribution >= 4 is 20.7 Å². The summed E-state index contributed by atoms with van der Waals surface area (Å²) in [6.45, 7) is 5.08. The molecular formula is C23H26N2O3S. The molecule has 1 unspecified atom stereocenters. The van der Waals surface area contributed by atoms with E-state index in [2.05, 4.69) is 48.6 Å². The predicted molar refractivity (Wildman–Crippen MR) is 116 cm³/mol. The summed E-state index contributed by atoms with van der Waals surface area (Å²) in [6.07, 6.45) is 0.655. The highest BCUT2D eigenvalue weighted by Gasteiger charge is 2.27. The van der Waals surface area contributed by atoms with Gasteiger partial charge in [0.15, 0.2) is 9.84 Å². The van der Waals surface area contributed by atoms with E-state index >= 15 is 0 Å². The number of aryl methyl sites for hydroxylation is 2. The van der Waals surface area contributed by atoms with Crippen LogP contribution in [-0.4, -0.2) is 30.9 Å². The first kappa shape index (κ1) is 19.9. The van der Waals surface area contributed by atoms with Crippen LogP contribution in [0, 0.1) is 13.8 Å². The predicted octanol–water partition coefficient (Wildman–Crippen LogP) is 3.71. The lowest BCUT2D eigenvalue weighted by molar-refractivity contribution is 0.290. The highest BCUT2D eigenvalue weighted by Crippen LogP contribution is 2.25. The molecule has 5 nitrogen and oxygen atoms in total. The van der Waals surface area contributed by atoms with E-state index in [0.717, 1.165) is 27.6 Å². The summed E-state index contributed by atoms with van der Waals surface area (Å²) >= 11 is 0. The summed E-state index contributed by atoms with van der Waals surface area (Å²) in [5.41, 5.74) is 5.28. The largest absolute Gasteiger partial charge is 0.473 e. The molecule has 0 bridgehead atoms. The molecule has 1 fully saturated rings. The van der Waals surface area contributed by atoms with Crippen LogP contribution in [0.15, 0.2) is 48.5 Å². The number of fused-ring (bicyclic) bond motifs is 1. The molecule has 6 heteroatoms. The lowest BCUT2D eigenvalue weighted by Gasteiger charge is -2.15. The minimum absolute atomic E-state index is 0.0154. The molecule has 0 radical (unpaired) electrons. The van der Waals surface area contributed by atoms with E-state index in [1.807, 2.05) is 19.1 Å². The topological polar surface area (TPSA) is 68.3 Å². The minimum atomic E-state index is -2.91. The Hall–Kier alpha value is -2.44. The first-order valence-electron chi connectivity index (χ1n) is 9.90. The van der Waals surface area contributed by atoms with Crippen LogP contribution in [0.1, 0.15) is 28.7 Å². The molecule has 3 aromatic rings. The summed E-state index contributed by atoms with van der Waals surface area (Å²) in [7, 11) is -2.91. The van der Waals surface area contributed by atoms with Gasteiger partial charge in [-0.2, -0.15) is 0 Å². The highest BCUT2D eigenvalue weighted by molar-refractivity contribution is 7.91. The van der Waals surface area contributed by atoms with Gasteiger partial charge < -0.3 is 10.1 Å². The maximum atomic E-state index is 11.7. The van der Waals surface area contributed by atoms with E-state index in [-0.39, 0.29) is 17.5 Å². The monoisotopic (exact) mass is 410 g/mol. The standard InChI is InChI=1S/C23H26N2O3S/c1-16-4-3-5-18(10-16)14-28-23-20(13-24-21-8-9-29(26,27)15-21)12-19-7-6-17(2)11-22(19)25-23/h3-7,10-12,21,24H,8-9,13-15H2,1-2H3. The Morgan fingerprint density at radius 2 is 1.93 bits per heavy atom. The van der Waals surface area contributed by atoms with Gasteiger partial charge in [-0.3, -0.25) is 0 Å². The minimum Gasteiger partial charge on any atom is -0.473 e. The fourth-order valence-electron chi connectivity index (χ4n) is 3.72. The van der Waals surface area contributed by atoms with Crippen molar-refractivity contribution in [1.29, 1.82) is 0 Å². The summed E-state index contributed by atoms with van der Waals surface area (Å²) < 4.78 is 29.6. The molecule has 0 spiro atoms. The summed E-state index contributed by atoms with van der Waals surface area (Å²) in [5, 5.41) is 4.43. The van der Waals surface area contributed by atoms with Crippen molar-refractivity contribution in [2.24, 2.45) is 0 Å². The summed E-state index contributed by atoms with van der Waals surface area (Å²) in [4.78, 5) is 4.77. The van der Waals surface area contributed by atoms with E-state index in [0.29, 0.717) is 25.5 Å². The van der Waals surface area contributed by atoms with E-state index in [9.17, 15) is 8.42 Å². The lowest BCUT2D eigenvalue weighted by Crippen LogP contribution is -2.29. The molecule has 1 aromatic heterocycles. The Morgan fingerprint density at radius 1 is 1.10 bits per heavy atom. The van der Waals surface area contributed by atoms with Gasteiger partial charge in [-0.15, -0.1) is 0 Å². The molecule has 2 heterocycles. The number of hydrogen-bond acceptors (Lipinski definition) is 5. The fourth-order valence-corrected chi connectivity index (χ4v) is 5.43. The Morgan fingerprint density at radius 3 is 2.69 bits per heavy atom. The molecule has 0 aliphatic carbocycles. The first-order valence-corrected chi connectivity index (χ1v) is 11.7. The molecule has 29 heavy (non-hydrogen) atoms. The average Bonchev–Trinajstić information content (AvgIpc) is 3.03. The van der Waals surface area contributed by atoms with Crippen molar-refractivity contribution in [2.75, 3.05) is 11.5 Å². The fraction of sp³-hybridized carbons (Fsp3) is 0.348. The molecule has 0 amide bonds. The number of pyridine rings is 1. The van der Waals surface area contributed by atoms with Crippen molar-refractivity contribution in [3.63, 3.8) is 0 Å². The molecular weight excluding hydrogens is 384 g/mol. The molecule has 1 saturated heterocycles. The number of nitrogens with zero attached hydrogens (tertiary/aromatic N) is 1. The summed E-state index contributed by atoms with van der Waals surface area (Å²) in [6, 6.07) is 16.5. The van der Waals surface area contributed by atoms with Crippen molar-refractivity contribution in [1.82, 2.24) is 10.3 Å². The number of rotatable bonds is 6. The zero-order valence-electron chi connectivity index (χ0n) is 16.8. The van der Waals surface area contributed by atoms with E-state index in [4.69, 9.17) is 9.72 Å².